The minimum Gasteiger partial charge on any atom is -0.381 e. The fourth-order valence-electron chi connectivity index (χ4n) is 3.51. The van der Waals surface area contributed by atoms with E-state index in [0.29, 0.717) is 11.9 Å². The van der Waals surface area contributed by atoms with E-state index in [4.69, 9.17) is 10.5 Å². The van der Waals surface area contributed by atoms with Crippen molar-refractivity contribution in [3.63, 3.8) is 0 Å². The number of ether oxygens (including phenoxy) is 1. The first-order valence-electron chi connectivity index (χ1n) is 8.58. The summed E-state index contributed by atoms with van der Waals surface area (Å²) in [5.74, 6) is 1.46. The van der Waals surface area contributed by atoms with Crippen molar-refractivity contribution in [2.45, 2.75) is 18.8 Å². The average molecular weight is 325 g/mol. The quantitative estimate of drug-likeness (QED) is 0.876. The standard InChI is InChI=1S/C18H23N5O/c19-18-21-15(14-6-10-24-12-14)11-17(22-18)20-7-9-23-8-5-13-3-1-2-4-16(13)23/h1-4,11,14H,5-10,12H2,(H3,19,20,21,22)/t14-/m0/s1. The molecule has 0 saturated carbocycles. The zero-order chi connectivity index (χ0) is 16.4. The molecule has 1 atom stereocenters. The molecule has 1 aromatic carbocycles. The van der Waals surface area contributed by atoms with Gasteiger partial charge in [0.2, 0.25) is 5.95 Å². The van der Waals surface area contributed by atoms with Crippen LogP contribution in [0.15, 0.2) is 30.3 Å². The van der Waals surface area contributed by atoms with Crippen LogP contribution < -0.4 is 16.0 Å². The van der Waals surface area contributed by atoms with Crippen LogP contribution in [-0.4, -0.2) is 42.8 Å². The van der Waals surface area contributed by atoms with Gasteiger partial charge in [-0.1, -0.05) is 18.2 Å². The highest BCUT2D eigenvalue weighted by Gasteiger charge is 2.21. The molecule has 2 aromatic rings. The second kappa shape index (κ2) is 6.65. The van der Waals surface area contributed by atoms with Gasteiger partial charge < -0.3 is 20.7 Å². The van der Waals surface area contributed by atoms with Crippen LogP contribution in [0.3, 0.4) is 0 Å². The smallest absolute Gasteiger partial charge is 0.222 e. The molecule has 1 aromatic heterocycles. The highest BCUT2D eigenvalue weighted by Crippen LogP contribution is 2.27. The number of nitrogens with zero attached hydrogens (tertiary/aromatic N) is 3. The first-order chi connectivity index (χ1) is 11.8. The average Bonchev–Trinajstić information content (AvgIpc) is 3.24. The van der Waals surface area contributed by atoms with E-state index >= 15 is 0 Å². The summed E-state index contributed by atoms with van der Waals surface area (Å²) in [5, 5.41) is 3.39. The fraction of sp³-hybridized carbons (Fsp3) is 0.444. The molecule has 2 aliphatic heterocycles. The highest BCUT2D eigenvalue weighted by atomic mass is 16.5. The van der Waals surface area contributed by atoms with E-state index in [9.17, 15) is 0 Å². The third kappa shape index (κ3) is 3.14. The predicted molar refractivity (Wildman–Crippen MR) is 95.5 cm³/mol. The number of fused-ring (bicyclic) bond motifs is 1. The third-order valence-electron chi connectivity index (χ3n) is 4.78. The summed E-state index contributed by atoms with van der Waals surface area (Å²) in [6.07, 6.45) is 2.13. The Morgan fingerprint density at radius 3 is 3.08 bits per heavy atom. The van der Waals surface area contributed by atoms with Crippen LogP contribution in [0.5, 0.6) is 0 Å². The number of nitrogens with two attached hydrogens (primary N) is 1. The minimum atomic E-state index is 0.327. The molecule has 4 rings (SSSR count). The Balaban J connectivity index is 1.38. The number of nitrogens with one attached hydrogen (secondary N) is 1. The molecule has 6 heteroatoms. The SMILES string of the molecule is Nc1nc(NCCN2CCc3ccccc32)cc([C@H]2CCOC2)n1. The van der Waals surface area contributed by atoms with Gasteiger partial charge in [-0.2, -0.15) is 4.98 Å². The maximum Gasteiger partial charge on any atom is 0.222 e. The van der Waals surface area contributed by atoms with Crippen molar-refractivity contribution in [2.24, 2.45) is 0 Å². The second-order valence-corrected chi connectivity index (χ2v) is 6.39. The Bertz CT molecular complexity index is 714. The fourth-order valence-corrected chi connectivity index (χ4v) is 3.51. The van der Waals surface area contributed by atoms with Gasteiger partial charge in [0.15, 0.2) is 0 Å². The topological polar surface area (TPSA) is 76.3 Å². The van der Waals surface area contributed by atoms with Gasteiger partial charge in [-0.15, -0.1) is 0 Å². The van der Waals surface area contributed by atoms with Gasteiger partial charge in [0.25, 0.3) is 0 Å². The summed E-state index contributed by atoms with van der Waals surface area (Å²) in [4.78, 5) is 11.1. The molecule has 0 spiro atoms. The van der Waals surface area contributed by atoms with Crippen molar-refractivity contribution in [3.05, 3.63) is 41.6 Å². The molecule has 0 unspecified atom stereocenters. The molecule has 3 heterocycles. The Morgan fingerprint density at radius 2 is 2.21 bits per heavy atom. The van der Waals surface area contributed by atoms with E-state index in [1.54, 1.807) is 0 Å². The zero-order valence-corrected chi connectivity index (χ0v) is 13.7. The number of rotatable bonds is 5. The summed E-state index contributed by atoms with van der Waals surface area (Å²) in [6, 6.07) is 10.6. The number of hydrogen-bond acceptors (Lipinski definition) is 6. The van der Waals surface area contributed by atoms with E-state index in [-0.39, 0.29) is 0 Å². The molecular formula is C18H23N5O. The summed E-state index contributed by atoms with van der Waals surface area (Å²) in [5.41, 5.74) is 9.64. The van der Waals surface area contributed by atoms with Crippen LogP contribution >= 0.6 is 0 Å². The maximum absolute atomic E-state index is 5.87. The van der Waals surface area contributed by atoms with E-state index < -0.39 is 0 Å². The number of para-hydroxylation sites is 1. The van der Waals surface area contributed by atoms with Crippen molar-refractivity contribution in [1.29, 1.82) is 0 Å². The number of anilines is 3. The molecule has 3 N–H and O–H groups in total. The molecule has 126 valence electrons. The van der Waals surface area contributed by atoms with Gasteiger partial charge in [0.1, 0.15) is 5.82 Å². The van der Waals surface area contributed by atoms with E-state index in [0.717, 1.165) is 57.2 Å². The molecular weight excluding hydrogens is 302 g/mol. The number of nitrogen functional groups attached to an aromatic ring is 1. The van der Waals surface area contributed by atoms with Crippen molar-refractivity contribution in [2.75, 3.05) is 48.8 Å². The van der Waals surface area contributed by atoms with Crippen LogP contribution in [0, 0.1) is 0 Å². The zero-order valence-electron chi connectivity index (χ0n) is 13.7. The monoisotopic (exact) mass is 325 g/mol. The summed E-state index contributed by atoms with van der Waals surface area (Å²) < 4.78 is 5.44. The molecule has 1 fully saturated rings. The van der Waals surface area contributed by atoms with Gasteiger partial charge in [0, 0.05) is 43.9 Å². The molecule has 2 aliphatic rings. The lowest BCUT2D eigenvalue weighted by atomic mass is 10.0. The molecule has 0 aliphatic carbocycles. The molecule has 24 heavy (non-hydrogen) atoms. The first-order valence-corrected chi connectivity index (χ1v) is 8.58. The van der Waals surface area contributed by atoms with Gasteiger partial charge >= 0.3 is 0 Å². The molecule has 0 radical (unpaired) electrons. The summed E-state index contributed by atoms with van der Waals surface area (Å²) in [7, 11) is 0. The second-order valence-electron chi connectivity index (χ2n) is 6.39. The lowest BCUT2D eigenvalue weighted by Gasteiger charge is -2.20. The Morgan fingerprint density at radius 1 is 1.29 bits per heavy atom. The Labute approximate surface area is 142 Å². The van der Waals surface area contributed by atoms with E-state index in [1.807, 2.05) is 6.07 Å². The van der Waals surface area contributed by atoms with Gasteiger partial charge in [-0.05, 0) is 24.5 Å². The van der Waals surface area contributed by atoms with Crippen LogP contribution in [0.2, 0.25) is 0 Å². The molecule has 6 nitrogen and oxygen atoms in total. The maximum atomic E-state index is 5.87. The van der Waals surface area contributed by atoms with Gasteiger partial charge in [0.05, 0.1) is 12.3 Å². The van der Waals surface area contributed by atoms with Crippen molar-refractivity contribution < 1.29 is 4.74 Å². The third-order valence-corrected chi connectivity index (χ3v) is 4.78. The van der Waals surface area contributed by atoms with Crippen LogP contribution in [-0.2, 0) is 11.2 Å². The predicted octanol–water partition coefficient (Wildman–Crippen LogP) is 2.04. The van der Waals surface area contributed by atoms with Crippen LogP contribution in [0.1, 0.15) is 23.6 Å². The number of aromatic nitrogens is 2. The highest BCUT2D eigenvalue weighted by molar-refractivity contribution is 5.58. The van der Waals surface area contributed by atoms with Crippen LogP contribution in [0.25, 0.3) is 0 Å². The van der Waals surface area contributed by atoms with Gasteiger partial charge in [-0.25, -0.2) is 4.98 Å². The van der Waals surface area contributed by atoms with Gasteiger partial charge in [-0.3, -0.25) is 0 Å². The van der Waals surface area contributed by atoms with Crippen molar-refractivity contribution in [3.8, 4) is 0 Å². The lowest BCUT2D eigenvalue weighted by molar-refractivity contribution is 0.193. The molecule has 0 amide bonds. The van der Waals surface area contributed by atoms with E-state index in [1.165, 1.54) is 11.3 Å². The lowest BCUT2D eigenvalue weighted by Crippen LogP contribution is -2.27. The minimum absolute atomic E-state index is 0.327. The first kappa shape index (κ1) is 15.2. The van der Waals surface area contributed by atoms with Crippen molar-refractivity contribution in [1.82, 2.24) is 9.97 Å². The summed E-state index contributed by atoms with van der Waals surface area (Å²) >= 11 is 0. The van der Waals surface area contributed by atoms with Crippen LogP contribution in [0.4, 0.5) is 17.5 Å². The molecule has 1 saturated heterocycles. The molecule has 0 bridgehead atoms. The number of hydrogen-bond donors (Lipinski definition) is 2. The normalized spacial score (nSPS) is 19.5. The summed E-state index contributed by atoms with van der Waals surface area (Å²) in [6.45, 7) is 4.37. The number of benzene rings is 1. The largest absolute Gasteiger partial charge is 0.381 e. The van der Waals surface area contributed by atoms with Crippen molar-refractivity contribution >= 4 is 17.5 Å². The Kier molecular flexibility index (Phi) is 4.21. The van der Waals surface area contributed by atoms with E-state index in [2.05, 4.69) is 44.5 Å². The Hall–Kier alpha value is -2.34.